The van der Waals surface area contributed by atoms with Crippen molar-refractivity contribution in [2.75, 3.05) is 32.7 Å². The number of amides is 1. The molecular weight excluding hydrogens is 369 g/mol. The summed E-state index contributed by atoms with van der Waals surface area (Å²) in [5, 5.41) is 5.14. The Morgan fingerprint density at radius 1 is 1.07 bits per heavy atom. The van der Waals surface area contributed by atoms with Crippen LogP contribution < -0.4 is 0 Å². The number of rotatable bonds is 4. The molecule has 1 fully saturated rings. The van der Waals surface area contributed by atoms with Gasteiger partial charge in [0.25, 0.3) is 5.91 Å². The summed E-state index contributed by atoms with van der Waals surface area (Å²) in [6, 6.07) is 12.6. The number of likely N-dealkylation sites (tertiary alicyclic amines) is 1. The smallest absolute Gasteiger partial charge is 0.254 e. The van der Waals surface area contributed by atoms with Crippen molar-refractivity contribution in [1.29, 1.82) is 0 Å². The maximum atomic E-state index is 13.4. The lowest BCUT2D eigenvalue weighted by Gasteiger charge is -2.34. The highest BCUT2D eigenvalue weighted by Gasteiger charge is 2.27. The van der Waals surface area contributed by atoms with E-state index in [0.29, 0.717) is 11.5 Å². The van der Waals surface area contributed by atoms with Gasteiger partial charge < -0.3 is 14.3 Å². The first-order chi connectivity index (χ1) is 14.2. The Balaban J connectivity index is 1.17. The number of carbonyl (C=O) groups excluding carboxylic acids is 1. The second-order valence-corrected chi connectivity index (χ2v) is 8.02. The number of aromatic nitrogens is 1. The van der Waals surface area contributed by atoms with Crippen LogP contribution in [0.5, 0.6) is 0 Å². The van der Waals surface area contributed by atoms with Crippen LogP contribution in [0.3, 0.4) is 0 Å². The number of halogens is 1. The van der Waals surface area contributed by atoms with E-state index in [-0.39, 0.29) is 11.7 Å². The summed E-state index contributed by atoms with van der Waals surface area (Å²) in [4.78, 5) is 17.1. The Kier molecular flexibility index (Phi) is 4.79. The van der Waals surface area contributed by atoms with E-state index in [9.17, 15) is 9.18 Å². The second-order valence-electron chi connectivity index (χ2n) is 8.02. The lowest BCUT2D eigenvalue weighted by molar-refractivity contribution is 0.0710. The topological polar surface area (TPSA) is 49.6 Å². The Bertz CT molecular complexity index is 1040. The van der Waals surface area contributed by atoms with Gasteiger partial charge in [-0.05, 0) is 56.1 Å². The molecular formula is C23H24FN3O2. The van der Waals surface area contributed by atoms with E-state index in [2.05, 4.69) is 16.1 Å². The molecule has 1 aromatic heterocycles. The molecule has 0 radical (unpaired) electrons. The molecule has 0 spiro atoms. The molecule has 6 heteroatoms. The molecule has 5 nitrogen and oxygen atoms in total. The number of carbonyl (C=O) groups is 1. The highest BCUT2D eigenvalue weighted by molar-refractivity contribution is 5.96. The zero-order chi connectivity index (χ0) is 19.8. The van der Waals surface area contributed by atoms with Gasteiger partial charge in [0, 0.05) is 42.6 Å². The molecule has 3 aromatic rings. The van der Waals surface area contributed by atoms with E-state index in [1.54, 1.807) is 6.07 Å². The third-order valence-corrected chi connectivity index (χ3v) is 6.31. The standard InChI is InChI=1S/C23H24FN3O2/c24-18-5-6-20-21(15-18)29-25-22(20)17-7-10-26(11-8-17)13-14-27-12-9-16-3-1-2-4-19(16)23(27)28/h1-6,15,17H,7-14H2. The average Bonchev–Trinajstić information content (AvgIpc) is 3.17. The van der Waals surface area contributed by atoms with Crippen molar-refractivity contribution >= 4 is 16.9 Å². The summed E-state index contributed by atoms with van der Waals surface area (Å²) >= 11 is 0. The highest BCUT2D eigenvalue weighted by atomic mass is 19.1. The Labute approximate surface area is 169 Å². The SMILES string of the molecule is O=C1c2ccccc2CCN1CCN1CCC(c2noc3cc(F)ccc23)CC1. The molecule has 0 unspecified atom stereocenters. The third kappa shape index (κ3) is 3.53. The molecule has 0 aliphatic carbocycles. The van der Waals surface area contributed by atoms with Gasteiger partial charge in [0.2, 0.25) is 0 Å². The molecule has 2 aliphatic heterocycles. The van der Waals surface area contributed by atoms with Crippen LogP contribution in [0.15, 0.2) is 47.0 Å². The van der Waals surface area contributed by atoms with Gasteiger partial charge in [-0.1, -0.05) is 23.4 Å². The summed E-state index contributed by atoms with van der Waals surface area (Å²) in [6.07, 6.45) is 2.93. The van der Waals surface area contributed by atoms with Crippen molar-refractivity contribution in [3.8, 4) is 0 Å². The fourth-order valence-electron chi connectivity index (χ4n) is 4.61. The Morgan fingerprint density at radius 2 is 1.90 bits per heavy atom. The van der Waals surface area contributed by atoms with Crippen molar-refractivity contribution in [1.82, 2.24) is 15.0 Å². The van der Waals surface area contributed by atoms with Crippen molar-refractivity contribution in [3.05, 3.63) is 65.1 Å². The molecule has 5 rings (SSSR count). The molecule has 0 saturated carbocycles. The highest BCUT2D eigenvalue weighted by Crippen LogP contribution is 2.32. The monoisotopic (exact) mass is 393 g/mol. The Hall–Kier alpha value is -2.73. The van der Waals surface area contributed by atoms with Gasteiger partial charge in [-0.2, -0.15) is 0 Å². The molecule has 1 saturated heterocycles. The van der Waals surface area contributed by atoms with Crippen LogP contribution in [0.1, 0.15) is 40.4 Å². The molecule has 150 valence electrons. The molecule has 3 heterocycles. The first-order valence-corrected chi connectivity index (χ1v) is 10.3. The van der Waals surface area contributed by atoms with Crippen LogP contribution in [0.25, 0.3) is 11.0 Å². The van der Waals surface area contributed by atoms with Crippen molar-refractivity contribution in [3.63, 3.8) is 0 Å². The van der Waals surface area contributed by atoms with Gasteiger partial charge in [0.05, 0.1) is 5.69 Å². The van der Waals surface area contributed by atoms with Crippen molar-refractivity contribution in [2.24, 2.45) is 0 Å². The average molecular weight is 393 g/mol. The van der Waals surface area contributed by atoms with Crippen LogP contribution in [0, 0.1) is 5.82 Å². The zero-order valence-electron chi connectivity index (χ0n) is 16.3. The van der Waals surface area contributed by atoms with E-state index in [1.807, 2.05) is 23.1 Å². The minimum absolute atomic E-state index is 0.156. The number of nitrogens with zero attached hydrogens (tertiary/aromatic N) is 3. The van der Waals surface area contributed by atoms with Gasteiger partial charge in [0.1, 0.15) is 5.82 Å². The van der Waals surface area contributed by atoms with Gasteiger partial charge in [-0.15, -0.1) is 0 Å². The van der Waals surface area contributed by atoms with Crippen LogP contribution in [-0.4, -0.2) is 53.6 Å². The van der Waals surface area contributed by atoms with Crippen molar-refractivity contribution < 1.29 is 13.7 Å². The maximum Gasteiger partial charge on any atom is 0.254 e. The molecule has 0 bridgehead atoms. The van der Waals surface area contributed by atoms with Gasteiger partial charge >= 0.3 is 0 Å². The first kappa shape index (κ1) is 18.3. The largest absolute Gasteiger partial charge is 0.356 e. The van der Waals surface area contributed by atoms with Gasteiger partial charge in [-0.3, -0.25) is 4.79 Å². The minimum Gasteiger partial charge on any atom is -0.356 e. The fraction of sp³-hybridized carbons (Fsp3) is 0.391. The van der Waals surface area contributed by atoms with Crippen LogP contribution >= 0.6 is 0 Å². The van der Waals surface area contributed by atoms with E-state index >= 15 is 0 Å². The van der Waals surface area contributed by atoms with Crippen molar-refractivity contribution in [2.45, 2.75) is 25.2 Å². The molecule has 2 aliphatic rings. The lowest BCUT2D eigenvalue weighted by atomic mass is 9.91. The maximum absolute atomic E-state index is 13.4. The van der Waals surface area contributed by atoms with E-state index in [0.717, 1.165) is 74.2 Å². The number of piperidine rings is 1. The second kappa shape index (κ2) is 7.59. The van der Waals surface area contributed by atoms with Crippen LogP contribution in [0.2, 0.25) is 0 Å². The number of benzene rings is 2. The summed E-state index contributed by atoms with van der Waals surface area (Å²) in [5.41, 5.74) is 3.48. The summed E-state index contributed by atoms with van der Waals surface area (Å²) in [5.74, 6) is 0.189. The van der Waals surface area contributed by atoms with Crippen LogP contribution in [0.4, 0.5) is 4.39 Å². The summed E-state index contributed by atoms with van der Waals surface area (Å²) < 4.78 is 18.7. The fourth-order valence-corrected chi connectivity index (χ4v) is 4.61. The van der Waals surface area contributed by atoms with E-state index < -0.39 is 0 Å². The lowest BCUT2D eigenvalue weighted by Crippen LogP contribution is -2.44. The first-order valence-electron chi connectivity index (χ1n) is 10.3. The van der Waals surface area contributed by atoms with Gasteiger partial charge in [0.15, 0.2) is 5.58 Å². The molecule has 0 atom stereocenters. The normalized spacial score (nSPS) is 18.4. The van der Waals surface area contributed by atoms with E-state index in [1.165, 1.54) is 12.1 Å². The van der Waals surface area contributed by atoms with Gasteiger partial charge in [-0.25, -0.2) is 4.39 Å². The predicted molar refractivity (Wildman–Crippen MR) is 108 cm³/mol. The zero-order valence-corrected chi connectivity index (χ0v) is 16.3. The molecule has 1 amide bonds. The molecule has 2 aromatic carbocycles. The number of hydrogen-bond donors (Lipinski definition) is 0. The van der Waals surface area contributed by atoms with E-state index in [4.69, 9.17) is 4.52 Å². The number of hydrogen-bond acceptors (Lipinski definition) is 4. The molecule has 0 N–H and O–H groups in total. The summed E-state index contributed by atoms with van der Waals surface area (Å²) in [6.45, 7) is 4.40. The minimum atomic E-state index is -0.301. The third-order valence-electron chi connectivity index (χ3n) is 6.31. The Morgan fingerprint density at radius 3 is 2.76 bits per heavy atom. The number of fused-ring (bicyclic) bond motifs is 2. The quantitative estimate of drug-likeness (QED) is 0.676. The van der Waals surface area contributed by atoms with Crippen LogP contribution in [-0.2, 0) is 6.42 Å². The molecule has 29 heavy (non-hydrogen) atoms. The predicted octanol–water partition coefficient (Wildman–Crippen LogP) is 3.84. The summed E-state index contributed by atoms with van der Waals surface area (Å²) in [7, 11) is 0.